The van der Waals surface area contributed by atoms with Crippen LogP contribution in [0, 0.1) is 0 Å². The lowest BCUT2D eigenvalue weighted by atomic mass is 10.2. The Bertz CT molecular complexity index is 860. The maximum Gasteiger partial charge on any atom is 0.412 e. The standard InChI is InChI=1S/C19H21ClN4O5/c1-24(18(26)22-11-13-5-3-4-6-15(13)20)9-10-29-19(27)23-16-8-7-14(12-21-16)17(25)28-2/h3-8,12H,9-11H2,1-2H3,(H,22,26)(H,21,23,27). The first-order chi connectivity index (χ1) is 13.9. The Morgan fingerprint density at radius 2 is 1.93 bits per heavy atom. The summed E-state index contributed by atoms with van der Waals surface area (Å²) in [7, 11) is 2.84. The van der Waals surface area contributed by atoms with Crippen LogP contribution in [0.15, 0.2) is 42.6 Å². The molecule has 0 aliphatic carbocycles. The number of amides is 3. The third kappa shape index (κ3) is 6.96. The van der Waals surface area contributed by atoms with E-state index in [0.717, 1.165) is 5.56 Å². The lowest BCUT2D eigenvalue weighted by Gasteiger charge is -2.18. The first-order valence-electron chi connectivity index (χ1n) is 8.61. The third-order valence-corrected chi connectivity index (χ3v) is 4.18. The molecule has 0 bridgehead atoms. The van der Waals surface area contributed by atoms with Gasteiger partial charge in [0.1, 0.15) is 12.4 Å². The van der Waals surface area contributed by atoms with Crippen LogP contribution in [0.4, 0.5) is 15.4 Å². The molecule has 2 rings (SSSR count). The number of nitrogens with zero attached hydrogens (tertiary/aromatic N) is 2. The number of nitrogens with one attached hydrogen (secondary N) is 2. The Labute approximate surface area is 173 Å². The van der Waals surface area contributed by atoms with Crippen molar-refractivity contribution >= 4 is 35.5 Å². The zero-order valence-electron chi connectivity index (χ0n) is 16.0. The molecular formula is C19H21ClN4O5. The zero-order valence-corrected chi connectivity index (χ0v) is 16.7. The molecule has 1 aromatic heterocycles. The maximum atomic E-state index is 12.1. The second kappa shape index (κ2) is 10.9. The summed E-state index contributed by atoms with van der Waals surface area (Å²) >= 11 is 6.05. The second-order valence-electron chi connectivity index (χ2n) is 5.86. The summed E-state index contributed by atoms with van der Waals surface area (Å²) in [6.45, 7) is 0.468. The molecule has 2 N–H and O–H groups in total. The minimum Gasteiger partial charge on any atom is -0.465 e. The molecule has 0 saturated carbocycles. The van der Waals surface area contributed by atoms with Gasteiger partial charge in [0.05, 0.1) is 19.2 Å². The molecule has 29 heavy (non-hydrogen) atoms. The summed E-state index contributed by atoms with van der Waals surface area (Å²) in [5.74, 6) is -0.309. The summed E-state index contributed by atoms with van der Waals surface area (Å²) < 4.78 is 9.59. The molecule has 0 fully saturated rings. The number of hydrogen-bond acceptors (Lipinski definition) is 6. The van der Waals surface area contributed by atoms with Crippen LogP contribution < -0.4 is 10.6 Å². The van der Waals surface area contributed by atoms with E-state index >= 15 is 0 Å². The minimum absolute atomic E-state index is 0.0118. The number of pyridine rings is 1. The SMILES string of the molecule is COC(=O)c1ccc(NC(=O)OCCN(C)C(=O)NCc2ccccc2Cl)nc1. The van der Waals surface area contributed by atoms with Crippen molar-refractivity contribution in [2.45, 2.75) is 6.54 Å². The Morgan fingerprint density at radius 3 is 2.59 bits per heavy atom. The Morgan fingerprint density at radius 1 is 1.17 bits per heavy atom. The summed E-state index contributed by atoms with van der Waals surface area (Å²) in [5, 5.41) is 5.73. The number of halogens is 1. The fourth-order valence-electron chi connectivity index (χ4n) is 2.17. The van der Waals surface area contributed by atoms with Gasteiger partial charge in [0.2, 0.25) is 0 Å². The highest BCUT2D eigenvalue weighted by Gasteiger charge is 2.11. The van der Waals surface area contributed by atoms with Gasteiger partial charge >= 0.3 is 18.1 Å². The van der Waals surface area contributed by atoms with E-state index in [4.69, 9.17) is 16.3 Å². The average Bonchev–Trinajstić information content (AvgIpc) is 2.72. The maximum absolute atomic E-state index is 12.1. The number of carbonyl (C=O) groups is 3. The second-order valence-corrected chi connectivity index (χ2v) is 6.26. The molecule has 0 aliphatic rings. The van der Waals surface area contributed by atoms with E-state index in [2.05, 4.69) is 20.4 Å². The van der Waals surface area contributed by atoms with Gasteiger partial charge in [0.25, 0.3) is 0 Å². The van der Waals surface area contributed by atoms with Crippen molar-refractivity contribution in [1.82, 2.24) is 15.2 Å². The van der Waals surface area contributed by atoms with Gasteiger partial charge in [-0.3, -0.25) is 5.32 Å². The van der Waals surface area contributed by atoms with Crippen LogP contribution in [-0.2, 0) is 16.0 Å². The fraction of sp³-hybridized carbons (Fsp3) is 0.263. The van der Waals surface area contributed by atoms with Crippen molar-refractivity contribution in [2.75, 3.05) is 32.6 Å². The van der Waals surface area contributed by atoms with Gasteiger partial charge in [-0.2, -0.15) is 0 Å². The lowest BCUT2D eigenvalue weighted by Crippen LogP contribution is -2.39. The number of carbonyl (C=O) groups excluding carboxylic acids is 3. The largest absolute Gasteiger partial charge is 0.465 e. The molecule has 0 radical (unpaired) electrons. The number of likely N-dealkylation sites (N-methyl/N-ethyl adjacent to an activating group) is 1. The number of aromatic nitrogens is 1. The number of anilines is 1. The van der Waals surface area contributed by atoms with Crippen LogP contribution in [0.2, 0.25) is 5.02 Å². The van der Waals surface area contributed by atoms with Gasteiger partial charge in [-0.15, -0.1) is 0 Å². The van der Waals surface area contributed by atoms with Gasteiger partial charge in [-0.1, -0.05) is 29.8 Å². The van der Waals surface area contributed by atoms with Gasteiger partial charge in [0, 0.05) is 24.8 Å². The van der Waals surface area contributed by atoms with E-state index in [1.54, 1.807) is 13.1 Å². The normalized spacial score (nSPS) is 10.0. The van der Waals surface area contributed by atoms with E-state index in [9.17, 15) is 14.4 Å². The van der Waals surface area contributed by atoms with Crippen molar-refractivity contribution < 1.29 is 23.9 Å². The van der Waals surface area contributed by atoms with Crippen LogP contribution in [0.25, 0.3) is 0 Å². The number of methoxy groups -OCH3 is 1. The Kier molecular flexibility index (Phi) is 8.23. The van der Waals surface area contributed by atoms with Crippen LogP contribution in [-0.4, -0.2) is 55.3 Å². The first kappa shape index (κ1) is 22.0. The molecule has 1 aromatic carbocycles. The van der Waals surface area contributed by atoms with E-state index < -0.39 is 12.1 Å². The number of esters is 1. The van der Waals surface area contributed by atoms with Crippen molar-refractivity contribution in [1.29, 1.82) is 0 Å². The smallest absolute Gasteiger partial charge is 0.412 e. The fourth-order valence-corrected chi connectivity index (χ4v) is 2.37. The van der Waals surface area contributed by atoms with Gasteiger partial charge in [-0.05, 0) is 23.8 Å². The molecule has 0 atom stereocenters. The van der Waals surface area contributed by atoms with E-state index in [-0.39, 0.29) is 37.1 Å². The van der Waals surface area contributed by atoms with Crippen LogP contribution >= 0.6 is 11.6 Å². The van der Waals surface area contributed by atoms with Crippen LogP contribution in [0.1, 0.15) is 15.9 Å². The molecule has 2 aromatic rings. The summed E-state index contributed by atoms with van der Waals surface area (Å²) in [6.07, 6.45) is 0.548. The van der Waals surface area contributed by atoms with E-state index in [0.29, 0.717) is 5.02 Å². The molecule has 1 heterocycles. The summed E-state index contributed by atoms with van der Waals surface area (Å²) in [4.78, 5) is 40.5. The van der Waals surface area contributed by atoms with E-state index in [1.807, 2.05) is 18.2 Å². The molecule has 0 spiro atoms. The molecule has 154 valence electrons. The predicted octanol–water partition coefficient (Wildman–Crippen LogP) is 2.91. The zero-order chi connectivity index (χ0) is 21.2. The summed E-state index contributed by atoms with van der Waals surface area (Å²) in [5.41, 5.74) is 1.06. The van der Waals surface area contributed by atoms with Crippen molar-refractivity contribution in [3.8, 4) is 0 Å². The predicted molar refractivity (Wildman–Crippen MR) is 107 cm³/mol. The quantitative estimate of drug-likeness (QED) is 0.666. The molecular weight excluding hydrogens is 400 g/mol. The molecule has 0 aliphatic heterocycles. The van der Waals surface area contributed by atoms with Crippen LogP contribution in [0.5, 0.6) is 0 Å². The number of urea groups is 1. The Hall–Kier alpha value is -3.33. The molecule has 0 saturated heterocycles. The van der Waals surface area contributed by atoms with Crippen molar-refractivity contribution in [3.63, 3.8) is 0 Å². The molecule has 0 unspecified atom stereocenters. The molecule has 10 heteroatoms. The topological polar surface area (TPSA) is 110 Å². The van der Waals surface area contributed by atoms with Gasteiger partial charge in [0.15, 0.2) is 0 Å². The first-order valence-corrected chi connectivity index (χ1v) is 8.99. The monoisotopic (exact) mass is 420 g/mol. The van der Waals surface area contributed by atoms with Crippen LogP contribution in [0.3, 0.4) is 0 Å². The summed E-state index contributed by atoms with van der Waals surface area (Å²) in [6, 6.07) is 9.80. The minimum atomic E-state index is -0.729. The third-order valence-electron chi connectivity index (χ3n) is 3.81. The highest BCUT2D eigenvalue weighted by molar-refractivity contribution is 6.31. The average molecular weight is 421 g/mol. The van der Waals surface area contributed by atoms with Gasteiger partial charge in [-0.25, -0.2) is 19.4 Å². The molecule has 3 amide bonds. The van der Waals surface area contributed by atoms with E-state index in [1.165, 1.54) is 30.3 Å². The van der Waals surface area contributed by atoms with Gasteiger partial charge < -0.3 is 19.7 Å². The Balaban J connectivity index is 1.70. The number of hydrogen-bond donors (Lipinski definition) is 2. The number of rotatable bonds is 7. The number of ether oxygens (including phenoxy) is 2. The van der Waals surface area contributed by atoms with Crippen molar-refractivity contribution in [3.05, 3.63) is 58.7 Å². The number of benzene rings is 1. The highest BCUT2D eigenvalue weighted by Crippen LogP contribution is 2.14. The lowest BCUT2D eigenvalue weighted by molar-refractivity contribution is 0.0600. The molecule has 9 nitrogen and oxygen atoms in total. The highest BCUT2D eigenvalue weighted by atomic mass is 35.5. The van der Waals surface area contributed by atoms with Crippen molar-refractivity contribution in [2.24, 2.45) is 0 Å².